The molecule has 1 aliphatic heterocycles. The second-order valence-corrected chi connectivity index (χ2v) is 5.64. The van der Waals surface area contributed by atoms with Gasteiger partial charge in [-0.2, -0.15) is 0 Å². The molecule has 0 radical (unpaired) electrons. The van der Waals surface area contributed by atoms with E-state index in [0.717, 1.165) is 31.9 Å². The maximum Gasteiger partial charge on any atom is 0.0543 e. The number of nitrogens with one attached hydrogen (secondary N) is 1. The second-order valence-electron chi connectivity index (χ2n) is 5.64. The number of para-hydroxylation sites is 1. The third kappa shape index (κ3) is 3.42. The van der Waals surface area contributed by atoms with Crippen molar-refractivity contribution < 1.29 is 0 Å². The monoisotopic (exact) mass is 281 g/mol. The number of pyridine rings is 1. The Morgan fingerprint density at radius 2 is 2.05 bits per heavy atom. The molecular formula is C18H23N3. The molecule has 3 nitrogen and oxygen atoms in total. The normalized spacial score (nSPS) is 16.8. The van der Waals surface area contributed by atoms with Crippen molar-refractivity contribution >= 4 is 5.69 Å². The van der Waals surface area contributed by atoms with Crippen LogP contribution in [0, 0.1) is 0 Å². The summed E-state index contributed by atoms with van der Waals surface area (Å²) in [6, 6.07) is 14.8. The van der Waals surface area contributed by atoms with Gasteiger partial charge < -0.3 is 5.32 Å². The Labute approximate surface area is 127 Å². The van der Waals surface area contributed by atoms with E-state index in [1.807, 2.05) is 12.3 Å². The van der Waals surface area contributed by atoms with E-state index in [-0.39, 0.29) is 0 Å². The third-order valence-corrected chi connectivity index (χ3v) is 4.29. The summed E-state index contributed by atoms with van der Waals surface area (Å²) in [4.78, 5) is 6.90. The number of nitrogens with zero attached hydrogens (tertiary/aromatic N) is 2. The molecule has 0 amide bonds. The Kier molecular flexibility index (Phi) is 4.51. The van der Waals surface area contributed by atoms with Gasteiger partial charge in [-0.25, -0.2) is 0 Å². The topological polar surface area (TPSA) is 28.2 Å². The van der Waals surface area contributed by atoms with Crippen molar-refractivity contribution in [3.05, 3.63) is 59.9 Å². The highest BCUT2D eigenvalue weighted by Crippen LogP contribution is 2.33. The van der Waals surface area contributed by atoms with Crippen molar-refractivity contribution in [2.45, 2.75) is 25.8 Å². The van der Waals surface area contributed by atoms with Gasteiger partial charge in [-0.15, -0.1) is 0 Å². The summed E-state index contributed by atoms with van der Waals surface area (Å²) in [5.74, 6) is 0.638. The van der Waals surface area contributed by atoms with Crippen LogP contribution in [0.2, 0.25) is 0 Å². The summed E-state index contributed by atoms with van der Waals surface area (Å²) in [7, 11) is 0. The Bertz CT molecular complexity index is 568. The van der Waals surface area contributed by atoms with Crippen molar-refractivity contribution in [1.82, 2.24) is 9.88 Å². The van der Waals surface area contributed by atoms with Gasteiger partial charge in [0.05, 0.1) is 5.69 Å². The minimum absolute atomic E-state index is 0.638. The summed E-state index contributed by atoms with van der Waals surface area (Å²) in [6.07, 6.45) is 3.07. The molecule has 110 valence electrons. The molecule has 2 aromatic rings. The maximum atomic E-state index is 4.43. The van der Waals surface area contributed by atoms with E-state index in [1.54, 1.807) is 0 Å². The number of hydrogen-bond donors (Lipinski definition) is 1. The highest BCUT2D eigenvalue weighted by atomic mass is 15.1. The Morgan fingerprint density at radius 1 is 1.19 bits per heavy atom. The van der Waals surface area contributed by atoms with Crippen LogP contribution in [0.1, 0.15) is 30.5 Å². The Balaban J connectivity index is 1.57. The van der Waals surface area contributed by atoms with Gasteiger partial charge in [-0.1, -0.05) is 31.2 Å². The van der Waals surface area contributed by atoms with Crippen LogP contribution >= 0.6 is 0 Å². The lowest BCUT2D eigenvalue weighted by molar-refractivity contribution is 0.267. The van der Waals surface area contributed by atoms with Crippen molar-refractivity contribution in [3.63, 3.8) is 0 Å². The van der Waals surface area contributed by atoms with Gasteiger partial charge in [0.15, 0.2) is 0 Å². The second kappa shape index (κ2) is 6.72. The van der Waals surface area contributed by atoms with E-state index in [1.165, 1.54) is 17.7 Å². The van der Waals surface area contributed by atoms with Crippen LogP contribution in [0.4, 0.5) is 5.69 Å². The van der Waals surface area contributed by atoms with Gasteiger partial charge in [-0.05, 0) is 43.3 Å². The first-order valence-corrected chi connectivity index (χ1v) is 7.82. The quantitative estimate of drug-likeness (QED) is 0.878. The lowest BCUT2D eigenvalue weighted by atomic mass is 9.98. The highest BCUT2D eigenvalue weighted by Gasteiger charge is 2.21. The summed E-state index contributed by atoms with van der Waals surface area (Å²) in [6.45, 7) is 6.43. The van der Waals surface area contributed by atoms with E-state index in [0.29, 0.717) is 5.92 Å². The van der Waals surface area contributed by atoms with Gasteiger partial charge in [0.2, 0.25) is 0 Å². The maximum absolute atomic E-state index is 4.43. The molecule has 1 atom stereocenters. The van der Waals surface area contributed by atoms with Gasteiger partial charge in [-0.3, -0.25) is 9.88 Å². The lowest BCUT2D eigenvalue weighted by Crippen LogP contribution is -2.26. The van der Waals surface area contributed by atoms with Crippen molar-refractivity contribution in [2.24, 2.45) is 0 Å². The number of aromatic nitrogens is 1. The summed E-state index contributed by atoms with van der Waals surface area (Å²) in [5, 5.41) is 3.51. The SMILES string of the molecule is CCN(CCC1CNc2ccccc21)Cc1ccccn1. The first-order valence-electron chi connectivity index (χ1n) is 7.82. The van der Waals surface area contributed by atoms with E-state index in [9.17, 15) is 0 Å². The fraction of sp³-hybridized carbons (Fsp3) is 0.389. The van der Waals surface area contributed by atoms with Crippen molar-refractivity contribution in [3.8, 4) is 0 Å². The molecule has 21 heavy (non-hydrogen) atoms. The number of fused-ring (bicyclic) bond motifs is 1. The predicted molar refractivity (Wildman–Crippen MR) is 87.5 cm³/mol. The van der Waals surface area contributed by atoms with Crippen LogP contribution in [-0.2, 0) is 6.54 Å². The molecular weight excluding hydrogens is 258 g/mol. The van der Waals surface area contributed by atoms with Crippen molar-refractivity contribution in [1.29, 1.82) is 0 Å². The molecule has 3 heteroatoms. The number of anilines is 1. The minimum atomic E-state index is 0.638. The van der Waals surface area contributed by atoms with Crippen LogP contribution in [-0.4, -0.2) is 29.5 Å². The minimum Gasteiger partial charge on any atom is -0.384 e. The molecule has 1 aromatic heterocycles. The number of rotatable bonds is 6. The van der Waals surface area contributed by atoms with Crippen LogP contribution < -0.4 is 5.32 Å². The first kappa shape index (κ1) is 14.1. The molecule has 0 saturated carbocycles. The third-order valence-electron chi connectivity index (χ3n) is 4.29. The standard InChI is InChI=1S/C18H23N3/c1-2-21(14-16-7-5-6-11-19-16)12-10-15-13-20-18-9-4-3-8-17(15)18/h3-9,11,15,20H,2,10,12-14H2,1H3. The molecule has 0 fully saturated rings. The molecule has 1 unspecified atom stereocenters. The zero-order chi connectivity index (χ0) is 14.5. The van der Waals surface area contributed by atoms with E-state index < -0.39 is 0 Å². The summed E-state index contributed by atoms with van der Waals surface area (Å²) in [5.41, 5.74) is 3.95. The molecule has 1 aliphatic rings. The fourth-order valence-electron chi connectivity index (χ4n) is 3.02. The molecule has 0 saturated heterocycles. The van der Waals surface area contributed by atoms with Crippen LogP contribution in [0.25, 0.3) is 0 Å². The fourth-order valence-corrected chi connectivity index (χ4v) is 3.02. The van der Waals surface area contributed by atoms with E-state index in [4.69, 9.17) is 0 Å². The molecule has 1 N–H and O–H groups in total. The van der Waals surface area contributed by atoms with Gasteiger partial charge in [0.25, 0.3) is 0 Å². The van der Waals surface area contributed by atoms with E-state index in [2.05, 4.69) is 58.5 Å². The summed E-state index contributed by atoms with van der Waals surface area (Å²) < 4.78 is 0. The van der Waals surface area contributed by atoms with Crippen LogP contribution in [0.3, 0.4) is 0 Å². The largest absolute Gasteiger partial charge is 0.384 e. The zero-order valence-corrected chi connectivity index (χ0v) is 12.6. The van der Waals surface area contributed by atoms with Gasteiger partial charge in [0.1, 0.15) is 0 Å². The molecule has 3 rings (SSSR count). The predicted octanol–water partition coefficient (Wildman–Crippen LogP) is 3.50. The highest BCUT2D eigenvalue weighted by molar-refractivity contribution is 5.57. The molecule has 1 aromatic carbocycles. The van der Waals surface area contributed by atoms with Crippen LogP contribution in [0.15, 0.2) is 48.7 Å². The molecule has 0 spiro atoms. The van der Waals surface area contributed by atoms with Crippen molar-refractivity contribution in [2.75, 3.05) is 25.0 Å². The smallest absolute Gasteiger partial charge is 0.0543 e. The summed E-state index contributed by atoms with van der Waals surface area (Å²) >= 11 is 0. The van der Waals surface area contributed by atoms with Crippen LogP contribution in [0.5, 0.6) is 0 Å². The first-order chi connectivity index (χ1) is 10.4. The average Bonchev–Trinajstić information content (AvgIpc) is 2.96. The molecule has 0 bridgehead atoms. The zero-order valence-electron chi connectivity index (χ0n) is 12.6. The lowest BCUT2D eigenvalue weighted by Gasteiger charge is -2.22. The average molecular weight is 281 g/mol. The molecule has 0 aliphatic carbocycles. The molecule has 2 heterocycles. The van der Waals surface area contributed by atoms with Gasteiger partial charge in [0, 0.05) is 30.9 Å². The van der Waals surface area contributed by atoms with E-state index >= 15 is 0 Å². The number of hydrogen-bond acceptors (Lipinski definition) is 3. The van der Waals surface area contributed by atoms with Gasteiger partial charge >= 0.3 is 0 Å². The Hall–Kier alpha value is -1.87. The Morgan fingerprint density at radius 3 is 2.86 bits per heavy atom. The number of benzene rings is 1.